The first-order valence-electron chi connectivity index (χ1n) is 5.39. The molecule has 17 heavy (non-hydrogen) atoms. The van der Waals surface area contributed by atoms with Gasteiger partial charge in [0.25, 0.3) is 0 Å². The highest BCUT2D eigenvalue weighted by molar-refractivity contribution is 9.10. The SMILES string of the molecule is CCNCCCNc1ncc(Br)cc1[N+](=O)[O-]. The second-order valence-electron chi connectivity index (χ2n) is 3.41. The largest absolute Gasteiger partial charge is 0.364 e. The lowest BCUT2D eigenvalue weighted by Crippen LogP contribution is -2.17. The first kappa shape index (κ1) is 13.9. The number of nitrogens with zero attached hydrogens (tertiary/aromatic N) is 2. The van der Waals surface area contributed by atoms with Gasteiger partial charge in [0.2, 0.25) is 5.82 Å². The van der Waals surface area contributed by atoms with Gasteiger partial charge in [0.05, 0.1) is 4.92 Å². The second-order valence-corrected chi connectivity index (χ2v) is 4.33. The van der Waals surface area contributed by atoms with Crippen LogP contribution in [0.2, 0.25) is 0 Å². The number of nitrogens with one attached hydrogen (secondary N) is 2. The fraction of sp³-hybridized carbons (Fsp3) is 0.500. The lowest BCUT2D eigenvalue weighted by molar-refractivity contribution is -0.384. The third kappa shape index (κ3) is 4.66. The lowest BCUT2D eigenvalue weighted by atomic mass is 10.3. The fourth-order valence-electron chi connectivity index (χ4n) is 1.30. The average Bonchev–Trinajstić information content (AvgIpc) is 2.30. The van der Waals surface area contributed by atoms with Crippen LogP contribution < -0.4 is 10.6 Å². The average molecular weight is 303 g/mol. The van der Waals surface area contributed by atoms with E-state index in [4.69, 9.17) is 0 Å². The quantitative estimate of drug-likeness (QED) is 0.458. The summed E-state index contributed by atoms with van der Waals surface area (Å²) in [5.41, 5.74) is -0.0113. The van der Waals surface area contributed by atoms with Gasteiger partial charge < -0.3 is 10.6 Å². The molecule has 0 aliphatic carbocycles. The summed E-state index contributed by atoms with van der Waals surface area (Å²) in [6, 6.07) is 1.44. The van der Waals surface area contributed by atoms with Crippen LogP contribution in [0.25, 0.3) is 0 Å². The molecule has 0 saturated heterocycles. The van der Waals surface area contributed by atoms with Crippen molar-refractivity contribution in [3.8, 4) is 0 Å². The summed E-state index contributed by atoms with van der Waals surface area (Å²) < 4.78 is 0.599. The van der Waals surface area contributed by atoms with E-state index >= 15 is 0 Å². The molecule has 0 aliphatic heterocycles. The maximum absolute atomic E-state index is 10.8. The Morgan fingerprint density at radius 2 is 2.29 bits per heavy atom. The van der Waals surface area contributed by atoms with Crippen LogP contribution in [0.5, 0.6) is 0 Å². The number of anilines is 1. The molecule has 0 atom stereocenters. The van der Waals surface area contributed by atoms with Crippen molar-refractivity contribution in [3.05, 3.63) is 26.9 Å². The molecule has 1 aromatic rings. The molecule has 6 nitrogen and oxygen atoms in total. The summed E-state index contributed by atoms with van der Waals surface area (Å²) >= 11 is 3.16. The van der Waals surface area contributed by atoms with E-state index in [0.29, 0.717) is 16.8 Å². The van der Waals surface area contributed by atoms with Gasteiger partial charge >= 0.3 is 5.69 Å². The molecule has 0 bridgehead atoms. The minimum atomic E-state index is -0.440. The molecule has 0 amide bonds. The van der Waals surface area contributed by atoms with Crippen LogP contribution in [-0.2, 0) is 0 Å². The predicted octanol–water partition coefficient (Wildman–Crippen LogP) is 2.16. The maximum Gasteiger partial charge on any atom is 0.312 e. The van der Waals surface area contributed by atoms with Gasteiger partial charge in [-0.2, -0.15) is 0 Å². The third-order valence-electron chi connectivity index (χ3n) is 2.10. The molecule has 94 valence electrons. The normalized spacial score (nSPS) is 10.2. The number of hydrogen-bond acceptors (Lipinski definition) is 5. The zero-order valence-electron chi connectivity index (χ0n) is 9.57. The van der Waals surface area contributed by atoms with E-state index in [-0.39, 0.29) is 5.69 Å². The highest BCUT2D eigenvalue weighted by Gasteiger charge is 2.14. The number of halogens is 1. The van der Waals surface area contributed by atoms with E-state index in [0.717, 1.165) is 19.5 Å². The predicted molar refractivity (Wildman–Crippen MR) is 70.2 cm³/mol. The van der Waals surface area contributed by atoms with E-state index in [1.807, 2.05) is 6.92 Å². The number of hydrogen-bond donors (Lipinski definition) is 2. The Morgan fingerprint density at radius 1 is 1.53 bits per heavy atom. The van der Waals surface area contributed by atoms with Crippen molar-refractivity contribution in [2.24, 2.45) is 0 Å². The van der Waals surface area contributed by atoms with Gasteiger partial charge in [-0.3, -0.25) is 10.1 Å². The van der Waals surface area contributed by atoms with E-state index in [1.165, 1.54) is 6.07 Å². The minimum Gasteiger partial charge on any atom is -0.364 e. The first-order chi connectivity index (χ1) is 8.15. The minimum absolute atomic E-state index is 0.0113. The molecule has 1 rings (SSSR count). The highest BCUT2D eigenvalue weighted by Crippen LogP contribution is 2.24. The first-order valence-corrected chi connectivity index (χ1v) is 6.19. The molecule has 2 N–H and O–H groups in total. The number of nitro groups is 1. The Labute approximate surface area is 108 Å². The molecule has 0 saturated carbocycles. The molecule has 0 unspecified atom stereocenters. The van der Waals surface area contributed by atoms with Crippen molar-refractivity contribution in [1.29, 1.82) is 0 Å². The van der Waals surface area contributed by atoms with Crippen LogP contribution >= 0.6 is 15.9 Å². The Balaban J connectivity index is 2.55. The van der Waals surface area contributed by atoms with Crippen LogP contribution in [-0.4, -0.2) is 29.5 Å². The molecule has 0 aliphatic rings. The van der Waals surface area contributed by atoms with Gasteiger partial charge in [-0.25, -0.2) is 4.98 Å². The monoisotopic (exact) mass is 302 g/mol. The number of pyridine rings is 1. The van der Waals surface area contributed by atoms with Gasteiger partial charge in [-0.05, 0) is 35.4 Å². The van der Waals surface area contributed by atoms with Crippen LogP contribution in [0.15, 0.2) is 16.7 Å². The Morgan fingerprint density at radius 3 is 2.94 bits per heavy atom. The molecule has 7 heteroatoms. The lowest BCUT2D eigenvalue weighted by Gasteiger charge is -2.06. The summed E-state index contributed by atoms with van der Waals surface area (Å²) in [6.45, 7) is 4.50. The molecular formula is C10H15BrN4O2. The molecule has 1 aromatic heterocycles. The smallest absolute Gasteiger partial charge is 0.312 e. The van der Waals surface area contributed by atoms with Crippen LogP contribution in [0.1, 0.15) is 13.3 Å². The van der Waals surface area contributed by atoms with Gasteiger partial charge in [-0.1, -0.05) is 6.92 Å². The number of aromatic nitrogens is 1. The Bertz CT molecular complexity index is 387. The molecule has 1 heterocycles. The summed E-state index contributed by atoms with van der Waals surface area (Å²) in [6.07, 6.45) is 2.43. The summed E-state index contributed by atoms with van der Waals surface area (Å²) in [4.78, 5) is 14.4. The van der Waals surface area contributed by atoms with E-state index in [9.17, 15) is 10.1 Å². The fourth-order valence-corrected chi connectivity index (χ4v) is 1.62. The van der Waals surface area contributed by atoms with Crippen molar-refractivity contribution < 1.29 is 4.92 Å². The van der Waals surface area contributed by atoms with Crippen molar-refractivity contribution in [3.63, 3.8) is 0 Å². The molecule has 0 spiro atoms. The van der Waals surface area contributed by atoms with E-state index < -0.39 is 4.92 Å². The molecular weight excluding hydrogens is 288 g/mol. The van der Waals surface area contributed by atoms with Gasteiger partial charge in [0, 0.05) is 23.3 Å². The zero-order valence-corrected chi connectivity index (χ0v) is 11.2. The van der Waals surface area contributed by atoms with E-state index in [1.54, 1.807) is 6.20 Å². The van der Waals surface area contributed by atoms with Crippen molar-refractivity contribution in [2.45, 2.75) is 13.3 Å². The topological polar surface area (TPSA) is 80.1 Å². The third-order valence-corrected chi connectivity index (χ3v) is 2.54. The van der Waals surface area contributed by atoms with Crippen LogP contribution in [0.4, 0.5) is 11.5 Å². The maximum atomic E-state index is 10.8. The Kier molecular flexibility index (Phi) is 5.85. The second kappa shape index (κ2) is 7.18. The number of rotatable bonds is 7. The summed E-state index contributed by atoms with van der Waals surface area (Å²) in [5, 5.41) is 16.9. The van der Waals surface area contributed by atoms with Crippen molar-refractivity contribution >= 4 is 27.4 Å². The molecule has 0 aromatic carbocycles. The Hall–Kier alpha value is -1.21. The molecule has 0 fully saturated rings. The van der Waals surface area contributed by atoms with E-state index in [2.05, 4.69) is 31.5 Å². The summed E-state index contributed by atoms with van der Waals surface area (Å²) in [7, 11) is 0. The zero-order chi connectivity index (χ0) is 12.7. The van der Waals surface area contributed by atoms with Crippen molar-refractivity contribution in [2.75, 3.05) is 25.0 Å². The van der Waals surface area contributed by atoms with Crippen LogP contribution in [0.3, 0.4) is 0 Å². The van der Waals surface area contributed by atoms with Gasteiger partial charge in [-0.15, -0.1) is 0 Å². The van der Waals surface area contributed by atoms with Gasteiger partial charge in [0.1, 0.15) is 0 Å². The standard InChI is InChI=1S/C10H15BrN4O2/c1-2-12-4-3-5-13-10-9(15(16)17)6-8(11)7-14-10/h6-7,12H,2-5H2,1H3,(H,13,14). The van der Waals surface area contributed by atoms with Gasteiger partial charge in [0.15, 0.2) is 0 Å². The molecule has 0 radical (unpaired) electrons. The summed E-state index contributed by atoms with van der Waals surface area (Å²) in [5.74, 6) is 0.315. The van der Waals surface area contributed by atoms with Crippen LogP contribution in [0, 0.1) is 10.1 Å². The highest BCUT2D eigenvalue weighted by atomic mass is 79.9. The van der Waals surface area contributed by atoms with Crippen molar-refractivity contribution in [1.82, 2.24) is 10.3 Å².